The Morgan fingerprint density at radius 1 is 0.429 bits per heavy atom. The Kier molecular flexibility index (Phi) is 27.9. The van der Waals surface area contributed by atoms with Crippen LogP contribution in [0.4, 0.5) is 0 Å². The lowest BCUT2D eigenvalue weighted by atomic mass is 9.78. The molecule has 0 aromatic heterocycles. The SMILES string of the molecule is CC(C)(C)c1cc(CCCOC(=O)CCSC2CCCCCCCCCCC2(SCCC(=O)OCCCc2cc(C(C)(C)C)cc(C(C)(C)C)c2O)SCCC(=O)OCCCc2cc(C(C)(C)C)cc(C(C)(C)C)c2O)c(O)c(C(C)(C)C)c1. The van der Waals surface area contributed by atoms with Gasteiger partial charge in [0.15, 0.2) is 0 Å². The fraction of sp³-hybridized carbons (Fsp3) is 0.708. The molecule has 12 heteroatoms. The van der Waals surface area contributed by atoms with Crippen molar-refractivity contribution in [2.24, 2.45) is 0 Å². The molecule has 474 valence electrons. The zero-order valence-electron chi connectivity index (χ0n) is 55.7. The molecule has 1 aliphatic carbocycles. The number of phenols is 3. The summed E-state index contributed by atoms with van der Waals surface area (Å²) in [5.74, 6) is 1.99. The van der Waals surface area contributed by atoms with Gasteiger partial charge in [0.1, 0.15) is 17.2 Å². The molecule has 0 radical (unpaired) electrons. The Labute approximate surface area is 523 Å². The molecule has 3 aromatic rings. The van der Waals surface area contributed by atoms with Crippen molar-refractivity contribution in [1.29, 1.82) is 0 Å². The fourth-order valence-corrected chi connectivity index (χ4v) is 16.2. The maximum absolute atomic E-state index is 13.6. The van der Waals surface area contributed by atoms with Gasteiger partial charge in [0.05, 0.1) is 43.2 Å². The Balaban J connectivity index is 1.49. The van der Waals surface area contributed by atoms with E-state index in [4.69, 9.17) is 14.2 Å². The van der Waals surface area contributed by atoms with Crippen molar-refractivity contribution in [3.63, 3.8) is 0 Å². The number of benzene rings is 3. The number of carbonyl (C=O) groups excluding carboxylic acids is 3. The van der Waals surface area contributed by atoms with Gasteiger partial charge in [0.2, 0.25) is 0 Å². The first-order chi connectivity index (χ1) is 38.9. The van der Waals surface area contributed by atoms with Crippen molar-refractivity contribution in [2.45, 2.75) is 288 Å². The first-order valence-electron chi connectivity index (χ1n) is 31.9. The second-order valence-electron chi connectivity index (χ2n) is 30.1. The summed E-state index contributed by atoms with van der Waals surface area (Å²) in [4.78, 5) is 40.7. The summed E-state index contributed by atoms with van der Waals surface area (Å²) in [6, 6.07) is 12.7. The average molecular weight is 1220 g/mol. The van der Waals surface area contributed by atoms with E-state index in [1.54, 1.807) is 0 Å². The molecular formula is C72H114O9S3. The maximum atomic E-state index is 13.6. The quantitative estimate of drug-likeness (QED) is 0.0340. The van der Waals surface area contributed by atoms with Crippen LogP contribution in [0.3, 0.4) is 0 Å². The smallest absolute Gasteiger partial charge is 0.306 e. The zero-order chi connectivity index (χ0) is 62.9. The molecule has 3 aromatic carbocycles. The number of phenolic OH excluding ortho intramolecular Hbond substituents is 3. The van der Waals surface area contributed by atoms with Crippen molar-refractivity contribution in [3.05, 3.63) is 86.5 Å². The van der Waals surface area contributed by atoms with E-state index in [-0.39, 0.29) is 98.8 Å². The number of hydrogen-bond donors (Lipinski definition) is 3. The molecule has 9 nitrogen and oxygen atoms in total. The van der Waals surface area contributed by atoms with Crippen LogP contribution in [-0.4, -0.2) is 79.6 Å². The number of ether oxygens (including phenoxy) is 3. The molecule has 1 atom stereocenters. The van der Waals surface area contributed by atoms with E-state index >= 15 is 0 Å². The van der Waals surface area contributed by atoms with Crippen molar-refractivity contribution in [1.82, 2.24) is 0 Å². The number of aromatic hydroxyl groups is 3. The van der Waals surface area contributed by atoms with Crippen LogP contribution in [0.5, 0.6) is 17.2 Å². The Bertz CT molecular complexity index is 2470. The molecular weight excluding hydrogens is 1100 g/mol. The van der Waals surface area contributed by atoms with Crippen LogP contribution < -0.4 is 0 Å². The second kappa shape index (κ2) is 32.1. The number of aryl methyl sites for hydroxylation is 3. The predicted molar refractivity (Wildman–Crippen MR) is 358 cm³/mol. The van der Waals surface area contributed by atoms with E-state index < -0.39 is 0 Å². The summed E-state index contributed by atoms with van der Waals surface area (Å²) in [6.45, 7) is 39.5. The fourth-order valence-electron chi connectivity index (χ4n) is 10.9. The minimum absolute atomic E-state index is 0.0821. The molecule has 0 saturated heterocycles. The lowest BCUT2D eigenvalue weighted by Crippen LogP contribution is -2.36. The standard InChI is InChI=1S/C72H114O9S3/c1-66(2,3)53-44-50(63(76)56(47-53)69(10,11)12)30-27-38-79-60(73)34-41-82-59-33-25-23-21-19-20-22-24-26-37-72(59,83-42-35-61(74)80-39-28-31-51-45-54(67(4,5)6)48-57(64(51)77)70(13,14)15)84-43-36-62(75)81-40-29-32-52-46-55(68(7,8)9)49-58(65(52)78)71(16,17)18/h44-49,59,76-78H,19-43H2,1-18H3. The Morgan fingerprint density at radius 2 is 0.726 bits per heavy atom. The third-order valence-electron chi connectivity index (χ3n) is 16.3. The molecule has 0 aliphatic heterocycles. The molecule has 0 spiro atoms. The zero-order valence-corrected chi connectivity index (χ0v) is 58.2. The molecule has 1 saturated carbocycles. The third kappa shape index (κ3) is 23.6. The Morgan fingerprint density at radius 3 is 1.04 bits per heavy atom. The van der Waals surface area contributed by atoms with Gasteiger partial charge in [-0.2, -0.15) is 11.8 Å². The van der Waals surface area contributed by atoms with E-state index in [1.165, 1.54) is 42.4 Å². The molecule has 0 bridgehead atoms. The first-order valence-corrected chi connectivity index (χ1v) is 34.9. The van der Waals surface area contributed by atoms with Crippen LogP contribution in [0, 0.1) is 0 Å². The normalized spacial score (nSPS) is 16.1. The monoisotopic (exact) mass is 1220 g/mol. The summed E-state index contributed by atoms with van der Waals surface area (Å²) in [6.07, 6.45) is 15.4. The van der Waals surface area contributed by atoms with Crippen LogP contribution in [-0.2, 0) is 80.3 Å². The van der Waals surface area contributed by atoms with Gasteiger partial charge in [0, 0.05) is 22.5 Å². The minimum Gasteiger partial charge on any atom is -0.507 e. The van der Waals surface area contributed by atoms with Gasteiger partial charge in [-0.3, -0.25) is 14.4 Å². The van der Waals surface area contributed by atoms with Crippen molar-refractivity contribution < 1.29 is 43.9 Å². The van der Waals surface area contributed by atoms with E-state index in [0.29, 0.717) is 73.0 Å². The number of carbonyl (C=O) groups is 3. The van der Waals surface area contributed by atoms with Crippen molar-refractivity contribution in [2.75, 3.05) is 37.1 Å². The van der Waals surface area contributed by atoms with E-state index in [2.05, 4.69) is 161 Å². The number of esters is 3. The summed E-state index contributed by atoms with van der Waals surface area (Å²) in [7, 11) is 0. The summed E-state index contributed by atoms with van der Waals surface area (Å²) in [5.41, 5.74) is 8.02. The predicted octanol–water partition coefficient (Wildman–Crippen LogP) is 18.8. The second-order valence-corrected chi connectivity index (χ2v) is 34.5. The van der Waals surface area contributed by atoms with Crippen molar-refractivity contribution in [3.8, 4) is 17.2 Å². The molecule has 0 heterocycles. The highest BCUT2D eigenvalue weighted by atomic mass is 32.2. The number of rotatable bonds is 24. The van der Waals surface area contributed by atoms with Gasteiger partial charge in [0.25, 0.3) is 0 Å². The highest BCUT2D eigenvalue weighted by Gasteiger charge is 2.40. The van der Waals surface area contributed by atoms with Crippen LogP contribution in [0.25, 0.3) is 0 Å². The summed E-state index contributed by atoms with van der Waals surface area (Å²) < 4.78 is 17.4. The van der Waals surface area contributed by atoms with E-state index in [9.17, 15) is 29.7 Å². The molecule has 1 aliphatic rings. The first kappa shape index (κ1) is 73.0. The average Bonchev–Trinajstić information content (AvgIpc) is 2.65. The highest BCUT2D eigenvalue weighted by Crippen LogP contribution is 2.52. The van der Waals surface area contributed by atoms with Gasteiger partial charge in [-0.05, 0) is 134 Å². The summed E-state index contributed by atoms with van der Waals surface area (Å²) in [5, 5.41) is 34.3. The van der Waals surface area contributed by atoms with E-state index in [1.807, 2.05) is 35.3 Å². The third-order valence-corrected chi connectivity index (χ3v) is 21.6. The summed E-state index contributed by atoms with van der Waals surface area (Å²) >= 11 is 5.50. The van der Waals surface area contributed by atoms with Crippen LogP contribution in [0.1, 0.15) is 277 Å². The molecule has 84 heavy (non-hydrogen) atoms. The van der Waals surface area contributed by atoms with Gasteiger partial charge in [-0.25, -0.2) is 0 Å². The van der Waals surface area contributed by atoms with Crippen LogP contribution in [0.15, 0.2) is 36.4 Å². The minimum atomic E-state index is -0.343. The maximum Gasteiger partial charge on any atom is 0.306 e. The molecule has 4 rings (SSSR count). The molecule has 3 N–H and O–H groups in total. The lowest BCUT2D eigenvalue weighted by molar-refractivity contribution is -0.144. The van der Waals surface area contributed by atoms with Crippen LogP contribution >= 0.6 is 35.3 Å². The molecule has 0 amide bonds. The van der Waals surface area contributed by atoms with Gasteiger partial charge in [-0.1, -0.05) is 212 Å². The lowest BCUT2D eigenvalue weighted by Gasteiger charge is -2.40. The van der Waals surface area contributed by atoms with Gasteiger partial charge >= 0.3 is 17.9 Å². The number of thioether (sulfide) groups is 3. The van der Waals surface area contributed by atoms with Crippen LogP contribution in [0.2, 0.25) is 0 Å². The molecule has 1 unspecified atom stereocenters. The largest absolute Gasteiger partial charge is 0.507 e. The Hall–Kier alpha value is -3.48. The van der Waals surface area contributed by atoms with Crippen molar-refractivity contribution >= 4 is 53.2 Å². The number of hydrogen-bond acceptors (Lipinski definition) is 12. The van der Waals surface area contributed by atoms with E-state index in [0.717, 1.165) is 71.9 Å². The topological polar surface area (TPSA) is 140 Å². The van der Waals surface area contributed by atoms with Gasteiger partial charge < -0.3 is 29.5 Å². The van der Waals surface area contributed by atoms with Gasteiger partial charge in [-0.15, -0.1) is 23.5 Å². The highest BCUT2D eigenvalue weighted by molar-refractivity contribution is 8.19. The molecule has 1 fully saturated rings.